The Morgan fingerprint density at radius 1 is 1.44 bits per heavy atom. The second-order valence-electron chi connectivity index (χ2n) is 3.46. The number of hydrogen-bond donors (Lipinski definition) is 1. The summed E-state index contributed by atoms with van der Waals surface area (Å²) in [5, 5.41) is 19.5. The van der Waals surface area contributed by atoms with Gasteiger partial charge in [0.1, 0.15) is 12.1 Å². The van der Waals surface area contributed by atoms with Crippen LogP contribution in [0.2, 0.25) is 0 Å². The fourth-order valence-corrected chi connectivity index (χ4v) is 2.37. The summed E-state index contributed by atoms with van der Waals surface area (Å²) in [4.78, 5) is 23.7. The normalized spacial score (nSPS) is 9.94. The number of carboxylic acid groups (broad SMARTS) is 1. The lowest BCUT2D eigenvalue weighted by molar-refractivity contribution is 0.0694. The van der Waals surface area contributed by atoms with Gasteiger partial charge in [0.05, 0.1) is 16.6 Å². The van der Waals surface area contributed by atoms with Crippen LogP contribution >= 0.6 is 11.3 Å². The van der Waals surface area contributed by atoms with E-state index in [4.69, 9.17) is 10.4 Å². The van der Waals surface area contributed by atoms with Gasteiger partial charge in [-0.25, -0.2) is 4.79 Å². The highest BCUT2D eigenvalue weighted by Gasteiger charge is 2.15. The first-order valence-corrected chi connectivity index (χ1v) is 5.91. The lowest BCUT2D eigenvalue weighted by atomic mass is 10.2. The Morgan fingerprint density at radius 3 is 2.78 bits per heavy atom. The first-order chi connectivity index (χ1) is 8.65. The van der Waals surface area contributed by atoms with Crippen molar-refractivity contribution in [1.82, 2.24) is 4.57 Å². The SMILES string of the molecule is N#CCn1c(-c2cccs2)ccc(C(=O)O)c1=O. The van der Waals surface area contributed by atoms with Gasteiger partial charge in [-0.2, -0.15) is 5.26 Å². The lowest BCUT2D eigenvalue weighted by Gasteiger charge is -2.08. The van der Waals surface area contributed by atoms with Crippen LogP contribution < -0.4 is 5.56 Å². The summed E-state index contributed by atoms with van der Waals surface area (Å²) in [6, 6.07) is 8.33. The average molecular weight is 260 g/mol. The molecule has 6 heteroatoms. The van der Waals surface area contributed by atoms with Crippen molar-refractivity contribution < 1.29 is 9.90 Å². The summed E-state index contributed by atoms with van der Waals surface area (Å²) in [7, 11) is 0. The van der Waals surface area contributed by atoms with Gasteiger partial charge in [-0.1, -0.05) is 6.07 Å². The quantitative estimate of drug-likeness (QED) is 0.912. The molecule has 0 atom stereocenters. The van der Waals surface area contributed by atoms with Crippen molar-refractivity contribution in [1.29, 1.82) is 5.26 Å². The lowest BCUT2D eigenvalue weighted by Crippen LogP contribution is -2.27. The molecular weight excluding hydrogens is 252 g/mol. The molecule has 5 nitrogen and oxygen atoms in total. The van der Waals surface area contributed by atoms with Crippen LogP contribution in [0.25, 0.3) is 10.6 Å². The maximum atomic E-state index is 12.0. The predicted molar refractivity (Wildman–Crippen MR) is 66.6 cm³/mol. The van der Waals surface area contributed by atoms with Gasteiger partial charge in [0.25, 0.3) is 5.56 Å². The maximum Gasteiger partial charge on any atom is 0.341 e. The molecule has 0 aliphatic carbocycles. The fraction of sp³-hybridized carbons (Fsp3) is 0.0833. The highest BCUT2D eigenvalue weighted by molar-refractivity contribution is 7.13. The Morgan fingerprint density at radius 2 is 2.22 bits per heavy atom. The number of pyridine rings is 1. The van der Waals surface area contributed by atoms with E-state index in [0.717, 1.165) is 4.88 Å². The first-order valence-electron chi connectivity index (χ1n) is 5.03. The van der Waals surface area contributed by atoms with Crippen molar-refractivity contribution in [3.8, 4) is 16.6 Å². The molecule has 0 aromatic carbocycles. The molecule has 0 saturated carbocycles. The number of hydrogen-bond acceptors (Lipinski definition) is 4. The molecule has 0 aliphatic rings. The molecule has 2 aromatic heterocycles. The molecule has 0 amide bonds. The van der Waals surface area contributed by atoms with Gasteiger partial charge >= 0.3 is 5.97 Å². The minimum absolute atomic E-state index is 0.173. The summed E-state index contributed by atoms with van der Waals surface area (Å²) >= 11 is 1.42. The summed E-state index contributed by atoms with van der Waals surface area (Å²) in [6.45, 7) is -0.173. The van der Waals surface area contributed by atoms with Gasteiger partial charge in [0, 0.05) is 0 Å². The van der Waals surface area contributed by atoms with Crippen molar-refractivity contribution in [3.05, 3.63) is 45.6 Å². The van der Waals surface area contributed by atoms with Crippen LogP contribution in [0.1, 0.15) is 10.4 Å². The predicted octanol–water partition coefficient (Wildman–Crippen LogP) is 1.80. The van der Waals surface area contributed by atoms with Crippen molar-refractivity contribution in [2.24, 2.45) is 0 Å². The van der Waals surface area contributed by atoms with Crippen LogP contribution in [0.15, 0.2) is 34.4 Å². The van der Waals surface area contributed by atoms with Crippen LogP contribution in [0.5, 0.6) is 0 Å². The molecule has 0 aliphatic heterocycles. The summed E-state index contributed by atoms with van der Waals surface area (Å²) in [6.07, 6.45) is 0. The van der Waals surface area contributed by atoms with Crippen LogP contribution in [0.4, 0.5) is 0 Å². The van der Waals surface area contributed by atoms with Crippen LogP contribution in [-0.2, 0) is 6.54 Å². The van der Waals surface area contributed by atoms with E-state index in [9.17, 15) is 9.59 Å². The van der Waals surface area contributed by atoms with Crippen molar-refractivity contribution >= 4 is 17.3 Å². The molecule has 0 radical (unpaired) electrons. The minimum Gasteiger partial charge on any atom is -0.477 e. The van der Waals surface area contributed by atoms with Gasteiger partial charge < -0.3 is 5.11 Å². The topological polar surface area (TPSA) is 83.1 Å². The number of thiophene rings is 1. The number of nitriles is 1. The number of carbonyl (C=O) groups is 1. The Balaban J connectivity index is 2.70. The second kappa shape index (κ2) is 4.85. The van der Waals surface area contributed by atoms with Crippen molar-refractivity contribution in [3.63, 3.8) is 0 Å². The number of carboxylic acids is 1. The van der Waals surface area contributed by atoms with Gasteiger partial charge in [-0.3, -0.25) is 9.36 Å². The highest BCUT2D eigenvalue weighted by atomic mass is 32.1. The van der Waals surface area contributed by atoms with E-state index >= 15 is 0 Å². The van der Waals surface area contributed by atoms with E-state index < -0.39 is 11.5 Å². The molecule has 0 bridgehead atoms. The molecule has 2 heterocycles. The van der Waals surface area contributed by atoms with Crippen LogP contribution in [0.3, 0.4) is 0 Å². The number of aromatic nitrogens is 1. The molecule has 2 rings (SSSR count). The average Bonchev–Trinajstić information content (AvgIpc) is 2.84. The molecule has 1 N–H and O–H groups in total. The molecule has 2 aromatic rings. The van der Waals surface area contributed by atoms with Gasteiger partial charge in [0.2, 0.25) is 0 Å². The summed E-state index contributed by atoms with van der Waals surface area (Å²) < 4.78 is 1.18. The van der Waals surface area contributed by atoms with Gasteiger partial charge in [-0.15, -0.1) is 11.3 Å². The van der Waals surface area contributed by atoms with Gasteiger partial charge in [-0.05, 0) is 23.6 Å². The summed E-state index contributed by atoms with van der Waals surface area (Å²) in [5.74, 6) is -1.29. The third-order valence-electron chi connectivity index (χ3n) is 2.41. The largest absolute Gasteiger partial charge is 0.477 e. The Hall–Kier alpha value is -2.39. The van der Waals surface area contributed by atoms with E-state index in [0.29, 0.717) is 5.69 Å². The Kier molecular flexibility index (Phi) is 3.26. The molecule has 0 fully saturated rings. The standard InChI is InChI=1S/C12H8N2O3S/c13-5-6-14-9(10-2-1-7-18-10)4-3-8(11(14)15)12(16)17/h1-4,7H,6H2,(H,16,17). The summed E-state index contributed by atoms with van der Waals surface area (Å²) in [5.41, 5.74) is -0.429. The number of aromatic carboxylic acids is 1. The molecule has 18 heavy (non-hydrogen) atoms. The zero-order chi connectivity index (χ0) is 13.1. The third-order valence-corrected chi connectivity index (χ3v) is 3.30. The highest BCUT2D eigenvalue weighted by Crippen LogP contribution is 2.23. The molecule has 0 saturated heterocycles. The minimum atomic E-state index is -1.29. The zero-order valence-corrected chi connectivity index (χ0v) is 9.98. The number of rotatable bonds is 3. The van der Waals surface area contributed by atoms with Gasteiger partial charge in [0.15, 0.2) is 0 Å². The Bertz CT molecular complexity index is 680. The maximum absolute atomic E-state index is 12.0. The first kappa shape index (κ1) is 12.1. The van der Waals surface area contributed by atoms with E-state index in [1.54, 1.807) is 6.07 Å². The molecular formula is C12H8N2O3S. The smallest absolute Gasteiger partial charge is 0.341 e. The third kappa shape index (κ3) is 2.04. The number of nitrogens with zero attached hydrogens (tertiary/aromatic N) is 2. The molecule has 0 unspecified atom stereocenters. The molecule has 90 valence electrons. The second-order valence-corrected chi connectivity index (χ2v) is 4.41. The zero-order valence-electron chi connectivity index (χ0n) is 9.16. The van der Waals surface area contributed by atoms with E-state index in [1.807, 2.05) is 23.6 Å². The Labute approximate surface area is 106 Å². The van der Waals surface area contributed by atoms with Crippen molar-refractivity contribution in [2.45, 2.75) is 6.54 Å². The van der Waals surface area contributed by atoms with Crippen LogP contribution in [-0.4, -0.2) is 15.6 Å². The fourth-order valence-electron chi connectivity index (χ4n) is 1.61. The van der Waals surface area contributed by atoms with E-state index in [2.05, 4.69) is 0 Å². The van der Waals surface area contributed by atoms with E-state index in [1.165, 1.54) is 22.0 Å². The van der Waals surface area contributed by atoms with Crippen LogP contribution in [0, 0.1) is 11.3 Å². The van der Waals surface area contributed by atoms with E-state index in [-0.39, 0.29) is 12.1 Å². The monoisotopic (exact) mass is 260 g/mol. The van der Waals surface area contributed by atoms with Crippen molar-refractivity contribution in [2.75, 3.05) is 0 Å². The molecule has 0 spiro atoms.